The number of anilines is 3. The molecule has 146 valence electrons. The van der Waals surface area contributed by atoms with Crippen LogP contribution in [0.25, 0.3) is 0 Å². The van der Waals surface area contributed by atoms with E-state index in [1.165, 1.54) is 23.2 Å². The quantitative estimate of drug-likeness (QED) is 0.574. The Labute approximate surface area is 159 Å². The maximum Gasteiger partial charge on any atom is 0.151 e. The highest BCUT2D eigenvalue weighted by Gasteiger charge is 2.43. The highest BCUT2D eigenvalue weighted by molar-refractivity contribution is 8.27. The Morgan fingerprint density at radius 3 is 2.30 bits per heavy atom. The molecule has 1 heterocycles. The second-order valence-electron chi connectivity index (χ2n) is 6.88. The molecule has 4 rings (SSSR count). The Morgan fingerprint density at radius 2 is 1.63 bits per heavy atom. The second kappa shape index (κ2) is 7.27. The van der Waals surface area contributed by atoms with Crippen LogP contribution in [0.5, 0.6) is 0 Å². The topological polar surface area (TPSA) is 59.0 Å². The number of para-hydroxylation sites is 3. The average molecular weight is 395 g/mol. The number of nitrogens with one attached hydrogen (secondary N) is 1. The van der Waals surface area contributed by atoms with Crippen molar-refractivity contribution >= 4 is 28.0 Å². The zero-order valence-electron chi connectivity index (χ0n) is 14.8. The third-order valence-electron chi connectivity index (χ3n) is 4.85. The summed E-state index contributed by atoms with van der Waals surface area (Å²) < 4.78 is 53.1. The molecule has 5 nitrogen and oxygen atoms in total. The highest BCUT2D eigenvalue weighted by atomic mass is 32.3. The summed E-state index contributed by atoms with van der Waals surface area (Å²) in [6.07, 6.45) is 4.07. The fourth-order valence-corrected chi connectivity index (χ4v) is 5.18. The SMILES string of the molecule is OS1(O)N(CCCCNC2CC2)c2ccccc2N1c1c(F)cccc1F. The summed E-state index contributed by atoms with van der Waals surface area (Å²) in [5.74, 6) is -1.67. The normalized spacial score (nSPS) is 19.3. The summed E-state index contributed by atoms with van der Waals surface area (Å²) in [5, 5.41) is 3.43. The lowest BCUT2D eigenvalue weighted by Crippen LogP contribution is -2.33. The molecule has 27 heavy (non-hydrogen) atoms. The fraction of sp³-hybridized carbons (Fsp3) is 0.368. The summed E-state index contributed by atoms with van der Waals surface area (Å²) in [7, 11) is -3.61. The molecule has 1 fully saturated rings. The molecule has 8 heteroatoms. The van der Waals surface area contributed by atoms with Gasteiger partial charge in [0.2, 0.25) is 0 Å². The van der Waals surface area contributed by atoms with Crippen LogP contribution in [0, 0.1) is 11.6 Å². The molecular formula is C19H23F2N3O2S. The molecule has 1 saturated carbocycles. The van der Waals surface area contributed by atoms with Crippen LogP contribution in [0.1, 0.15) is 25.7 Å². The van der Waals surface area contributed by atoms with Crippen LogP contribution in [0.4, 0.5) is 25.8 Å². The van der Waals surface area contributed by atoms with Gasteiger partial charge in [0.05, 0.1) is 11.4 Å². The first-order valence-electron chi connectivity index (χ1n) is 9.13. The first-order chi connectivity index (χ1) is 13.0. The number of fused-ring (bicyclic) bond motifs is 1. The molecule has 1 aliphatic heterocycles. The van der Waals surface area contributed by atoms with Crippen molar-refractivity contribution < 1.29 is 17.9 Å². The third kappa shape index (κ3) is 3.50. The Morgan fingerprint density at radius 1 is 0.963 bits per heavy atom. The molecule has 0 amide bonds. The van der Waals surface area contributed by atoms with E-state index >= 15 is 0 Å². The maximum absolute atomic E-state index is 14.4. The van der Waals surface area contributed by atoms with E-state index in [-0.39, 0.29) is 0 Å². The van der Waals surface area contributed by atoms with Crippen molar-refractivity contribution in [3.63, 3.8) is 0 Å². The first kappa shape index (κ1) is 18.5. The minimum absolute atomic E-state index is 0.387. The van der Waals surface area contributed by atoms with Crippen LogP contribution in [0.2, 0.25) is 0 Å². The number of benzene rings is 2. The molecule has 2 aromatic carbocycles. The highest BCUT2D eigenvalue weighted by Crippen LogP contribution is 2.64. The molecule has 0 saturated heterocycles. The van der Waals surface area contributed by atoms with Crippen molar-refractivity contribution in [3.05, 3.63) is 54.1 Å². The number of halogens is 2. The van der Waals surface area contributed by atoms with Crippen molar-refractivity contribution in [1.82, 2.24) is 5.32 Å². The molecule has 2 aliphatic rings. The molecule has 0 atom stereocenters. The van der Waals surface area contributed by atoms with Crippen molar-refractivity contribution in [2.45, 2.75) is 31.7 Å². The Kier molecular flexibility index (Phi) is 4.98. The van der Waals surface area contributed by atoms with Crippen LogP contribution < -0.4 is 13.9 Å². The predicted molar refractivity (Wildman–Crippen MR) is 105 cm³/mol. The zero-order valence-corrected chi connectivity index (χ0v) is 15.6. The van der Waals surface area contributed by atoms with E-state index in [1.54, 1.807) is 24.3 Å². The van der Waals surface area contributed by atoms with Gasteiger partial charge in [-0.05, 0) is 67.5 Å². The van der Waals surface area contributed by atoms with Crippen LogP contribution in [-0.4, -0.2) is 28.2 Å². The molecule has 0 aromatic heterocycles. The number of hydrogen-bond donors (Lipinski definition) is 3. The Bertz CT molecular complexity index is 812. The van der Waals surface area contributed by atoms with Crippen LogP contribution >= 0.6 is 11.0 Å². The molecule has 0 bridgehead atoms. The second-order valence-corrected chi connectivity index (χ2v) is 8.67. The Balaban J connectivity index is 1.59. The average Bonchev–Trinajstić information content (AvgIpc) is 3.42. The van der Waals surface area contributed by atoms with E-state index in [9.17, 15) is 17.9 Å². The minimum atomic E-state index is -3.61. The first-order valence-corrected chi connectivity index (χ1v) is 10.6. The minimum Gasteiger partial charge on any atom is -0.314 e. The summed E-state index contributed by atoms with van der Waals surface area (Å²) >= 11 is 0. The van der Waals surface area contributed by atoms with E-state index in [0.29, 0.717) is 24.0 Å². The summed E-state index contributed by atoms with van der Waals surface area (Å²) in [6, 6.07) is 11.0. The van der Waals surface area contributed by atoms with Gasteiger partial charge >= 0.3 is 0 Å². The van der Waals surface area contributed by atoms with Crippen LogP contribution in [0.15, 0.2) is 42.5 Å². The van der Waals surface area contributed by atoms with Gasteiger partial charge in [0.1, 0.15) is 5.69 Å². The van der Waals surface area contributed by atoms with Gasteiger partial charge in [-0.2, -0.15) is 0 Å². The van der Waals surface area contributed by atoms with Crippen molar-refractivity contribution in [2.24, 2.45) is 0 Å². The van der Waals surface area contributed by atoms with Gasteiger partial charge in [-0.25, -0.2) is 13.1 Å². The van der Waals surface area contributed by atoms with Crippen molar-refractivity contribution in [3.8, 4) is 0 Å². The van der Waals surface area contributed by atoms with E-state index in [2.05, 4.69) is 5.32 Å². The third-order valence-corrected chi connectivity index (χ3v) is 6.69. The monoisotopic (exact) mass is 395 g/mol. The molecule has 2 aromatic rings. The largest absolute Gasteiger partial charge is 0.314 e. The molecule has 3 N–H and O–H groups in total. The standard InChI is InChI=1S/C19H23F2N3O2S/c20-15-6-5-7-16(21)19(15)24-18-9-2-1-8-17(18)23(27(24,25)26)13-4-3-12-22-14-10-11-14/h1-2,5-9,14,22,25-26H,3-4,10-13H2. The van der Waals surface area contributed by atoms with Gasteiger partial charge in [0.15, 0.2) is 11.6 Å². The van der Waals surface area contributed by atoms with Gasteiger partial charge in [-0.3, -0.25) is 13.4 Å². The van der Waals surface area contributed by atoms with Gasteiger partial charge in [0, 0.05) is 12.6 Å². The van der Waals surface area contributed by atoms with Crippen LogP contribution in [-0.2, 0) is 0 Å². The molecule has 0 spiro atoms. The predicted octanol–water partition coefficient (Wildman–Crippen LogP) is 5.04. The maximum atomic E-state index is 14.4. The van der Waals surface area contributed by atoms with Gasteiger partial charge in [-0.15, -0.1) is 0 Å². The van der Waals surface area contributed by atoms with E-state index in [1.807, 2.05) is 0 Å². The summed E-state index contributed by atoms with van der Waals surface area (Å²) in [6.45, 7) is 1.27. The van der Waals surface area contributed by atoms with Gasteiger partial charge < -0.3 is 5.32 Å². The van der Waals surface area contributed by atoms with Gasteiger partial charge in [0.25, 0.3) is 0 Å². The molecule has 0 radical (unpaired) electrons. The summed E-state index contributed by atoms with van der Waals surface area (Å²) in [5.41, 5.74) is 0.510. The van der Waals surface area contributed by atoms with Crippen molar-refractivity contribution in [1.29, 1.82) is 0 Å². The Hall–Kier alpha value is -1.87. The zero-order chi connectivity index (χ0) is 19.0. The van der Waals surface area contributed by atoms with Crippen molar-refractivity contribution in [2.75, 3.05) is 21.7 Å². The van der Waals surface area contributed by atoms with E-state index in [0.717, 1.165) is 35.8 Å². The number of rotatable bonds is 7. The van der Waals surface area contributed by atoms with Crippen LogP contribution in [0.3, 0.4) is 0 Å². The fourth-order valence-electron chi connectivity index (χ4n) is 3.35. The molecule has 0 unspecified atom stereocenters. The smallest absolute Gasteiger partial charge is 0.151 e. The summed E-state index contributed by atoms with van der Waals surface area (Å²) in [4.78, 5) is 0. The lowest BCUT2D eigenvalue weighted by molar-refractivity contribution is 0.480. The molecule has 1 aliphatic carbocycles. The van der Waals surface area contributed by atoms with E-state index in [4.69, 9.17) is 0 Å². The van der Waals surface area contributed by atoms with E-state index < -0.39 is 28.3 Å². The number of unbranched alkanes of at least 4 members (excludes halogenated alkanes) is 1. The lowest BCUT2D eigenvalue weighted by Gasteiger charge is -2.43. The molecular weight excluding hydrogens is 372 g/mol. The number of hydrogen-bond acceptors (Lipinski definition) is 5. The lowest BCUT2D eigenvalue weighted by atomic mass is 10.2. The number of nitrogens with zero attached hydrogens (tertiary/aromatic N) is 2. The van der Waals surface area contributed by atoms with Gasteiger partial charge in [-0.1, -0.05) is 18.2 Å².